The van der Waals surface area contributed by atoms with Crippen LogP contribution in [0.25, 0.3) is 0 Å². The zero-order valence-corrected chi connectivity index (χ0v) is 14.0. The fourth-order valence-electron chi connectivity index (χ4n) is 3.09. The van der Waals surface area contributed by atoms with Crippen LogP contribution in [0.2, 0.25) is 0 Å². The molecule has 2 aromatic rings. The summed E-state index contributed by atoms with van der Waals surface area (Å²) in [6.07, 6.45) is 3.04. The summed E-state index contributed by atoms with van der Waals surface area (Å²) >= 11 is 0. The number of hydrogen-bond donors (Lipinski definition) is 2. The predicted molar refractivity (Wildman–Crippen MR) is 91.6 cm³/mol. The van der Waals surface area contributed by atoms with Crippen LogP contribution in [0.4, 0.5) is 0 Å². The van der Waals surface area contributed by atoms with Crippen LogP contribution >= 0.6 is 0 Å². The summed E-state index contributed by atoms with van der Waals surface area (Å²) < 4.78 is 5.18. The predicted octanol–water partition coefficient (Wildman–Crippen LogP) is 2.47. The number of furan rings is 1. The molecular formula is C19H24N2O3. The lowest BCUT2D eigenvalue weighted by Crippen LogP contribution is -2.35. The molecule has 0 atom stereocenters. The number of aryl methyl sites for hydroxylation is 1. The molecule has 1 amide bonds. The third kappa shape index (κ3) is 4.04. The van der Waals surface area contributed by atoms with Crippen LogP contribution in [-0.2, 0) is 13.1 Å². The first-order chi connectivity index (χ1) is 11.6. The minimum absolute atomic E-state index is 0.114. The average Bonchev–Trinajstić information content (AvgIpc) is 3.02. The molecule has 0 bridgehead atoms. The number of aliphatic hydroxyl groups is 1. The van der Waals surface area contributed by atoms with Crippen LogP contribution in [0.1, 0.15) is 40.1 Å². The summed E-state index contributed by atoms with van der Waals surface area (Å²) in [6, 6.07) is 9.87. The number of carbonyl (C=O) groups excluding carboxylic acids is 1. The standard InChI is InChI=1S/C19H24N2O3/c1-14-18(8-11-24-14)19(23)20-12-15-4-2-3-5-16(15)13-21-9-6-17(22)7-10-21/h2-5,8,11,17,22H,6-7,9-10,12-13H2,1H3,(H,20,23). The van der Waals surface area contributed by atoms with E-state index in [2.05, 4.69) is 22.3 Å². The van der Waals surface area contributed by atoms with Gasteiger partial charge in [-0.05, 0) is 37.0 Å². The largest absolute Gasteiger partial charge is 0.469 e. The van der Waals surface area contributed by atoms with Gasteiger partial charge in [-0.25, -0.2) is 0 Å². The van der Waals surface area contributed by atoms with Crippen molar-refractivity contribution in [1.29, 1.82) is 0 Å². The van der Waals surface area contributed by atoms with Gasteiger partial charge < -0.3 is 14.8 Å². The smallest absolute Gasteiger partial charge is 0.255 e. The number of rotatable bonds is 5. The van der Waals surface area contributed by atoms with Gasteiger partial charge in [-0.1, -0.05) is 24.3 Å². The monoisotopic (exact) mass is 328 g/mol. The average molecular weight is 328 g/mol. The molecule has 1 aliphatic heterocycles. The number of amides is 1. The Hall–Kier alpha value is -2.11. The molecule has 1 fully saturated rings. The van der Waals surface area contributed by atoms with E-state index in [-0.39, 0.29) is 12.0 Å². The fourth-order valence-corrected chi connectivity index (χ4v) is 3.09. The van der Waals surface area contributed by atoms with Gasteiger partial charge in [-0.15, -0.1) is 0 Å². The van der Waals surface area contributed by atoms with Crippen LogP contribution in [0.3, 0.4) is 0 Å². The van der Waals surface area contributed by atoms with E-state index in [1.54, 1.807) is 13.0 Å². The number of hydrogen-bond acceptors (Lipinski definition) is 4. The number of nitrogens with zero attached hydrogens (tertiary/aromatic N) is 1. The number of aliphatic hydroxyl groups excluding tert-OH is 1. The Bertz CT molecular complexity index is 687. The summed E-state index contributed by atoms with van der Waals surface area (Å²) in [5.74, 6) is 0.518. The van der Waals surface area contributed by atoms with Crippen LogP contribution in [0, 0.1) is 6.92 Å². The molecule has 0 aliphatic carbocycles. The Kier molecular flexibility index (Phi) is 5.33. The summed E-state index contributed by atoms with van der Waals surface area (Å²) in [6.45, 7) is 4.96. The quantitative estimate of drug-likeness (QED) is 0.885. The van der Waals surface area contributed by atoms with Crippen molar-refractivity contribution in [2.45, 2.75) is 39.0 Å². The molecule has 5 nitrogen and oxygen atoms in total. The molecule has 1 aromatic heterocycles. The van der Waals surface area contributed by atoms with Crippen LogP contribution in [0.5, 0.6) is 0 Å². The van der Waals surface area contributed by atoms with Crippen LogP contribution in [0.15, 0.2) is 41.0 Å². The molecule has 0 spiro atoms. The van der Waals surface area contributed by atoms with Crippen molar-refractivity contribution in [3.05, 3.63) is 59.0 Å². The maximum Gasteiger partial charge on any atom is 0.255 e. The van der Waals surface area contributed by atoms with Gasteiger partial charge in [0.05, 0.1) is 17.9 Å². The third-order valence-corrected chi connectivity index (χ3v) is 4.61. The molecule has 2 N–H and O–H groups in total. The Morgan fingerprint density at radius 3 is 2.62 bits per heavy atom. The SMILES string of the molecule is Cc1occc1C(=O)NCc1ccccc1CN1CCC(O)CC1. The van der Waals surface area contributed by atoms with E-state index in [0.717, 1.165) is 38.0 Å². The molecule has 128 valence electrons. The Labute approximate surface area is 142 Å². The van der Waals surface area contributed by atoms with Gasteiger partial charge in [0.1, 0.15) is 5.76 Å². The Morgan fingerprint density at radius 1 is 1.25 bits per heavy atom. The number of benzene rings is 1. The van der Waals surface area contributed by atoms with Crippen molar-refractivity contribution >= 4 is 5.91 Å². The van der Waals surface area contributed by atoms with E-state index in [0.29, 0.717) is 17.9 Å². The minimum atomic E-state index is -0.158. The molecule has 1 aliphatic rings. The second-order valence-corrected chi connectivity index (χ2v) is 6.35. The zero-order valence-electron chi connectivity index (χ0n) is 14.0. The van der Waals surface area contributed by atoms with Crippen molar-refractivity contribution in [2.24, 2.45) is 0 Å². The van der Waals surface area contributed by atoms with E-state index in [1.165, 1.54) is 11.8 Å². The number of likely N-dealkylation sites (tertiary alicyclic amines) is 1. The highest BCUT2D eigenvalue weighted by Crippen LogP contribution is 2.17. The summed E-state index contributed by atoms with van der Waals surface area (Å²) in [5, 5.41) is 12.6. The zero-order chi connectivity index (χ0) is 16.9. The summed E-state index contributed by atoms with van der Waals surface area (Å²) in [7, 11) is 0. The van der Waals surface area contributed by atoms with Gasteiger partial charge in [-0.3, -0.25) is 9.69 Å². The fraction of sp³-hybridized carbons (Fsp3) is 0.421. The molecule has 5 heteroatoms. The van der Waals surface area contributed by atoms with Gasteiger partial charge in [0, 0.05) is 26.2 Å². The molecular weight excluding hydrogens is 304 g/mol. The highest BCUT2D eigenvalue weighted by atomic mass is 16.3. The molecule has 1 aromatic carbocycles. The number of carbonyl (C=O) groups is 1. The lowest BCUT2D eigenvalue weighted by atomic mass is 10.0. The molecule has 0 unspecified atom stereocenters. The molecule has 24 heavy (non-hydrogen) atoms. The van der Waals surface area contributed by atoms with Crippen molar-refractivity contribution in [3.63, 3.8) is 0 Å². The van der Waals surface area contributed by atoms with Crippen molar-refractivity contribution in [1.82, 2.24) is 10.2 Å². The third-order valence-electron chi connectivity index (χ3n) is 4.61. The van der Waals surface area contributed by atoms with E-state index in [1.807, 2.05) is 12.1 Å². The van der Waals surface area contributed by atoms with Gasteiger partial charge in [0.2, 0.25) is 0 Å². The van der Waals surface area contributed by atoms with E-state index >= 15 is 0 Å². The second-order valence-electron chi connectivity index (χ2n) is 6.35. The van der Waals surface area contributed by atoms with Gasteiger partial charge in [-0.2, -0.15) is 0 Å². The van der Waals surface area contributed by atoms with E-state index in [4.69, 9.17) is 4.42 Å². The maximum absolute atomic E-state index is 12.2. The lowest BCUT2D eigenvalue weighted by Gasteiger charge is -2.30. The molecule has 2 heterocycles. The molecule has 0 saturated carbocycles. The van der Waals surface area contributed by atoms with Crippen LogP contribution in [-0.4, -0.2) is 35.1 Å². The van der Waals surface area contributed by atoms with E-state index < -0.39 is 0 Å². The van der Waals surface area contributed by atoms with E-state index in [9.17, 15) is 9.90 Å². The van der Waals surface area contributed by atoms with Gasteiger partial charge in [0.15, 0.2) is 0 Å². The normalized spacial score (nSPS) is 16.2. The Morgan fingerprint density at radius 2 is 1.96 bits per heavy atom. The van der Waals surface area contributed by atoms with Gasteiger partial charge in [0.25, 0.3) is 5.91 Å². The second kappa shape index (κ2) is 7.64. The first-order valence-electron chi connectivity index (χ1n) is 8.43. The highest BCUT2D eigenvalue weighted by molar-refractivity contribution is 5.94. The topological polar surface area (TPSA) is 65.7 Å². The Balaban J connectivity index is 1.62. The van der Waals surface area contributed by atoms with Crippen molar-refractivity contribution in [3.8, 4) is 0 Å². The number of nitrogens with one attached hydrogen (secondary N) is 1. The molecule has 3 rings (SSSR count). The first kappa shape index (κ1) is 16.7. The van der Waals surface area contributed by atoms with Gasteiger partial charge >= 0.3 is 0 Å². The lowest BCUT2D eigenvalue weighted by molar-refractivity contribution is 0.0790. The molecule has 1 saturated heterocycles. The summed E-state index contributed by atoms with van der Waals surface area (Å²) in [5.41, 5.74) is 2.92. The van der Waals surface area contributed by atoms with Crippen molar-refractivity contribution in [2.75, 3.05) is 13.1 Å². The number of piperidine rings is 1. The highest BCUT2D eigenvalue weighted by Gasteiger charge is 2.18. The summed E-state index contributed by atoms with van der Waals surface area (Å²) in [4.78, 5) is 14.6. The first-order valence-corrected chi connectivity index (χ1v) is 8.43. The van der Waals surface area contributed by atoms with Crippen molar-refractivity contribution < 1.29 is 14.3 Å². The maximum atomic E-state index is 12.2. The minimum Gasteiger partial charge on any atom is -0.469 e. The molecule has 0 radical (unpaired) electrons. The van der Waals surface area contributed by atoms with Crippen LogP contribution < -0.4 is 5.32 Å².